The molecule has 0 unspecified atom stereocenters. The quantitative estimate of drug-likeness (QED) is 0.461. The van der Waals surface area contributed by atoms with Gasteiger partial charge in [0.2, 0.25) is 5.91 Å². The first kappa shape index (κ1) is 25.4. The molecular formula is C29H33N3O4S. The van der Waals surface area contributed by atoms with Crippen molar-refractivity contribution in [2.45, 2.75) is 58.3 Å². The highest BCUT2D eigenvalue weighted by molar-refractivity contribution is 7.09. The summed E-state index contributed by atoms with van der Waals surface area (Å²) in [5.74, 6) is 0.685. The molecule has 2 aromatic carbocycles. The van der Waals surface area contributed by atoms with Gasteiger partial charge in [0.1, 0.15) is 23.1 Å². The molecule has 0 saturated carbocycles. The third kappa shape index (κ3) is 5.86. The molecule has 194 valence electrons. The second kappa shape index (κ2) is 11.4. The minimum atomic E-state index is -0.187. The van der Waals surface area contributed by atoms with E-state index in [1.165, 1.54) is 22.5 Å². The Bertz CT molecular complexity index is 1250. The molecule has 2 atom stereocenters. The number of benzene rings is 2. The van der Waals surface area contributed by atoms with Gasteiger partial charge in [-0.25, -0.2) is 4.98 Å². The number of rotatable bonds is 8. The number of thiazole rings is 1. The number of nitrogens with zero attached hydrogens (tertiary/aromatic N) is 2. The summed E-state index contributed by atoms with van der Waals surface area (Å²) in [6.45, 7) is 6.23. The first-order valence-corrected chi connectivity index (χ1v) is 13.9. The Morgan fingerprint density at radius 2 is 2.05 bits per heavy atom. The minimum Gasteiger partial charge on any atom is -0.486 e. The van der Waals surface area contributed by atoms with Crippen molar-refractivity contribution in [2.24, 2.45) is 0 Å². The lowest BCUT2D eigenvalue weighted by molar-refractivity contribution is -0.132. The number of aryl methyl sites for hydroxylation is 1. The maximum Gasteiger partial charge on any atom is 0.270 e. The second-order valence-electron chi connectivity index (χ2n) is 9.62. The lowest BCUT2D eigenvalue weighted by atomic mass is 9.87. The summed E-state index contributed by atoms with van der Waals surface area (Å²) >= 11 is 1.41. The molecule has 0 spiro atoms. The molecule has 2 aliphatic heterocycles. The Morgan fingerprint density at radius 3 is 2.81 bits per heavy atom. The lowest BCUT2D eigenvalue weighted by Crippen LogP contribution is -2.40. The van der Waals surface area contributed by atoms with Crippen LogP contribution >= 0.6 is 11.3 Å². The van der Waals surface area contributed by atoms with Gasteiger partial charge in [-0.1, -0.05) is 42.8 Å². The average Bonchev–Trinajstić information content (AvgIpc) is 3.62. The van der Waals surface area contributed by atoms with E-state index in [-0.39, 0.29) is 30.6 Å². The molecule has 0 bridgehead atoms. The molecule has 3 heterocycles. The van der Waals surface area contributed by atoms with Crippen LogP contribution in [0, 0.1) is 6.92 Å². The molecule has 0 radical (unpaired) electrons. The number of carbonyl (C=O) groups is 2. The fourth-order valence-corrected chi connectivity index (χ4v) is 5.68. The fourth-order valence-electron chi connectivity index (χ4n) is 4.99. The molecule has 1 aromatic heterocycles. The van der Waals surface area contributed by atoms with Crippen molar-refractivity contribution in [3.8, 4) is 5.75 Å². The fraction of sp³-hybridized carbons (Fsp3) is 0.414. The van der Waals surface area contributed by atoms with E-state index in [1.54, 1.807) is 5.38 Å². The van der Waals surface area contributed by atoms with E-state index in [4.69, 9.17) is 9.47 Å². The lowest BCUT2D eigenvalue weighted by Gasteiger charge is -2.38. The predicted molar refractivity (Wildman–Crippen MR) is 143 cm³/mol. The monoisotopic (exact) mass is 519 g/mol. The van der Waals surface area contributed by atoms with E-state index < -0.39 is 0 Å². The second-order valence-corrected chi connectivity index (χ2v) is 10.6. The standard InChI is InChI=1S/C29H33N3O4S/c1-3-27(33)32-13-12-20-10-11-22(15-24(20)28(32)21-8-6-19(2)7-9-21)36-17-26-31-25(18-37-26)29(34)30-16-23-5-4-14-35-23/h6-11,15,18,23,28H,3-5,12-14,16-17H2,1-2H3,(H,30,34)/t23-,28-/m1/s1. The van der Waals surface area contributed by atoms with Crippen LogP contribution in [-0.4, -0.2) is 47.5 Å². The van der Waals surface area contributed by atoms with Crippen LogP contribution in [0.15, 0.2) is 47.8 Å². The van der Waals surface area contributed by atoms with Crippen molar-refractivity contribution in [3.05, 3.63) is 80.8 Å². The highest BCUT2D eigenvalue weighted by Gasteiger charge is 2.31. The van der Waals surface area contributed by atoms with Crippen molar-refractivity contribution in [2.75, 3.05) is 19.7 Å². The van der Waals surface area contributed by atoms with Gasteiger partial charge in [0, 0.05) is 31.5 Å². The topological polar surface area (TPSA) is 80.8 Å². The average molecular weight is 520 g/mol. The van der Waals surface area contributed by atoms with Gasteiger partial charge in [-0.15, -0.1) is 11.3 Å². The van der Waals surface area contributed by atoms with Crippen LogP contribution in [0.2, 0.25) is 0 Å². The molecular weight excluding hydrogens is 486 g/mol. The van der Waals surface area contributed by atoms with Gasteiger partial charge >= 0.3 is 0 Å². The van der Waals surface area contributed by atoms with E-state index in [2.05, 4.69) is 53.6 Å². The Morgan fingerprint density at radius 1 is 1.22 bits per heavy atom. The normalized spacial score (nSPS) is 18.9. The Labute approximate surface area is 221 Å². The number of fused-ring (bicyclic) bond motifs is 1. The summed E-state index contributed by atoms with van der Waals surface area (Å²) in [5.41, 5.74) is 5.03. The van der Waals surface area contributed by atoms with Crippen LogP contribution in [0.4, 0.5) is 0 Å². The van der Waals surface area contributed by atoms with Crippen molar-refractivity contribution in [1.82, 2.24) is 15.2 Å². The Kier molecular flexibility index (Phi) is 7.86. The van der Waals surface area contributed by atoms with Crippen LogP contribution in [0.5, 0.6) is 5.75 Å². The van der Waals surface area contributed by atoms with E-state index in [9.17, 15) is 9.59 Å². The van der Waals surface area contributed by atoms with E-state index in [1.807, 2.05) is 17.9 Å². The van der Waals surface area contributed by atoms with Gasteiger partial charge in [-0.05, 0) is 55.0 Å². The zero-order valence-corrected chi connectivity index (χ0v) is 22.2. The number of amides is 2. The maximum atomic E-state index is 12.8. The van der Waals surface area contributed by atoms with Crippen LogP contribution in [-0.2, 0) is 22.6 Å². The SMILES string of the molecule is CCC(=O)N1CCc2ccc(OCc3nc(C(=O)NC[C@H]4CCCO4)cs3)cc2[C@H]1c1ccc(C)cc1. The molecule has 37 heavy (non-hydrogen) atoms. The molecule has 1 saturated heterocycles. The van der Waals surface area contributed by atoms with E-state index >= 15 is 0 Å². The van der Waals surface area contributed by atoms with Crippen molar-refractivity contribution in [1.29, 1.82) is 0 Å². The number of nitrogens with one attached hydrogen (secondary N) is 1. The molecule has 2 aliphatic rings. The van der Waals surface area contributed by atoms with Gasteiger partial charge in [-0.2, -0.15) is 0 Å². The molecule has 5 rings (SSSR count). The Hall–Kier alpha value is -3.23. The summed E-state index contributed by atoms with van der Waals surface area (Å²) in [5, 5.41) is 5.41. The van der Waals surface area contributed by atoms with Crippen molar-refractivity contribution < 1.29 is 19.1 Å². The van der Waals surface area contributed by atoms with E-state index in [0.29, 0.717) is 25.2 Å². The Balaban J connectivity index is 1.29. The van der Waals surface area contributed by atoms with Crippen LogP contribution in [0.1, 0.15) is 70.0 Å². The first-order chi connectivity index (χ1) is 18.0. The van der Waals surface area contributed by atoms with Gasteiger partial charge < -0.3 is 19.7 Å². The van der Waals surface area contributed by atoms with Crippen LogP contribution in [0.3, 0.4) is 0 Å². The summed E-state index contributed by atoms with van der Waals surface area (Å²) in [7, 11) is 0. The maximum absolute atomic E-state index is 12.8. The van der Waals surface area contributed by atoms with Crippen molar-refractivity contribution in [3.63, 3.8) is 0 Å². The van der Waals surface area contributed by atoms with Gasteiger partial charge in [0.15, 0.2) is 0 Å². The van der Waals surface area contributed by atoms with Crippen LogP contribution in [0.25, 0.3) is 0 Å². The molecule has 2 amide bonds. The van der Waals surface area contributed by atoms with Gasteiger partial charge in [0.05, 0.1) is 12.1 Å². The third-order valence-electron chi connectivity index (χ3n) is 7.02. The number of carbonyl (C=O) groups excluding carboxylic acids is 2. The minimum absolute atomic E-state index is 0.0988. The number of ether oxygens (including phenoxy) is 2. The largest absolute Gasteiger partial charge is 0.486 e. The van der Waals surface area contributed by atoms with Gasteiger partial charge in [0.25, 0.3) is 5.91 Å². The van der Waals surface area contributed by atoms with Crippen molar-refractivity contribution >= 4 is 23.2 Å². The third-order valence-corrected chi connectivity index (χ3v) is 7.84. The van der Waals surface area contributed by atoms with E-state index in [0.717, 1.165) is 47.8 Å². The molecule has 1 N–H and O–H groups in total. The summed E-state index contributed by atoms with van der Waals surface area (Å²) in [4.78, 5) is 31.8. The zero-order chi connectivity index (χ0) is 25.8. The molecule has 3 aromatic rings. The van der Waals surface area contributed by atoms with Gasteiger partial charge in [-0.3, -0.25) is 9.59 Å². The first-order valence-electron chi connectivity index (χ1n) is 13.0. The molecule has 7 nitrogen and oxygen atoms in total. The molecule has 0 aliphatic carbocycles. The highest BCUT2D eigenvalue weighted by atomic mass is 32.1. The number of hydrogen-bond acceptors (Lipinski definition) is 6. The molecule has 8 heteroatoms. The number of aromatic nitrogens is 1. The summed E-state index contributed by atoms with van der Waals surface area (Å²) in [6, 6.07) is 14.4. The molecule has 1 fully saturated rings. The zero-order valence-electron chi connectivity index (χ0n) is 21.4. The summed E-state index contributed by atoms with van der Waals surface area (Å²) in [6.07, 6.45) is 3.41. The highest BCUT2D eigenvalue weighted by Crippen LogP contribution is 2.37. The number of hydrogen-bond donors (Lipinski definition) is 1. The van der Waals surface area contributed by atoms with Crippen LogP contribution < -0.4 is 10.1 Å². The smallest absolute Gasteiger partial charge is 0.270 e. The predicted octanol–water partition coefficient (Wildman–Crippen LogP) is 4.82. The summed E-state index contributed by atoms with van der Waals surface area (Å²) < 4.78 is 11.7.